The van der Waals surface area contributed by atoms with Gasteiger partial charge in [0.15, 0.2) is 5.82 Å². The number of tetrazole rings is 1. The number of fused-ring (bicyclic) bond motifs is 1. The van der Waals surface area contributed by atoms with Gasteiger partial charge in [-0.25, -0.2) is 4.68 Å². The molecule has 0 bridgehead atoms. The van der Waals surface area contributed by atoms with Crippen LogP contribution in [0.1, 0.15) is 16.7 Å². The number of aromatic nitrogens is 5. The van der Waals surface area contributed by atoms with E-state index in [0.717, 1.165) is 23.3 Å². The second-order valence-corrected chi connectivity index (χ2v) is 7.32. The summed E-state index contributed by atoms with van der Waals surface area (Å²) in [6.45, 7) is 3.56. The molecule has 3 aromatic carbocycles. The third-order valence-corrected chi connectivity index (χ3v) is 5.21. The molecule has 0 saturated heterocycles. The lowest BCUT2D eigenvalue weighted by atomic mass is 10.1. The Bertz CT molecular complexity index is 1250. The summed E-state index contributed by atoms with van der Waals surface area (Å²) in [7, 11) is 0. The molecule has 0 aliphatic rings. The number of benzene rings is 3. The highest BCUT2D eigenvalue weighted by atomic mass is 15.5. The number of nitrogens with zero attached hydrogens (tertiary/aromatic N) is 5. The lowest BCUT2D eigenvalue weighted by molar-refractivity contribution is 0.653. The standard InChI is InChI=1S/C24H21N5/c1-18-11-13-20(14-12-18)15-28-17-22(21-9-5-6-10-23(21)28)24-25-26-27-29(24)16-19-7-3-2-4-8-19/h2-14,17H,15-16H2,1H3. The van der Waals surface area contributed by atoms with Crippen LogP contribution in [-0.4, -0.2) is 24.8 Å². The van der Waals surface area contributed by atoms with Crippen LogP contribution in [0.3, 0.4) is 0 Å². The van der Waals surface area contributed by atoms with Gasteiger partial charge in [0.2, 0.25) is 0 Å². The molecular formula is C24H21N5. The molecule has 0 saturated carbocycles. The van der Waals surface area contributed by atoms with Crippen molar-refractivity contribution in [3.8, 4) is 11.4 Å². The van der Waals surface area contributed by atoms with E-state index in [0.29, 0.717) is 6.54 Å². The van der Waals surface area contributed by atoms with E-state index in [1.807, 2.05) is 22.9 Å². The van der Waals surface area contributed by atoms with E-state index in [2.05, 4.69) is 93.9 Å². The van der Waals surface area contributed by atoms with Crippen molar-refractivity contribution in [2.24, 2.45) is 0 Å². The smallest absolute Gasteiger partial charge is 0.184 e. The second-order valence-electron chi connectivity index (χ2n) is 7.32. The van der Waals surface area contributed by atoms with Crippen LogP contribution < -0.4 is 0 Å². The SMILES string of the molecule is Cc1ccc(Cn2cc(-c3nnnn3Cc3ccccc3)c3ccccc32)cc1. The van der Waals surface area contributed by atoms with Crippen LogP contribution in [0.2, 0.25) is 0 Å². The predicted molar refractivity (Wildman–Crippen MR) is 115 cm³/mol. The lowest BCUT2D eigenvalue weighted by Crippen LogP contribution is -2.04. The first-order chi connectivity index (χ1) is 14.3. The Hall–Kier alpha value is -3.73. The Morgan fingerprint density at radius 1 is 0.759 bits per heavy atom. The van der Waals surface area contributed by atoms with Gasteiger partial charge in [-0.05, 0) is 34.5 Å². The lowest BCUT2D eigenvalue weighted by Gasteiger charge is -2.06. The van der Waals surface area contributed by atoms with Crippen molar-refractivity contribution in [2.75, 3.05) is 0 Å². The Balaban J connectivity index is 1.56. The van der Waals surface area contributed by atoms with Gasteiger partial charge in [-0.3, -0.25) is 0 Å². The van der Waals surface area contributed by atoms with Crippen LogP contribution in [0.25, 0.3) is 22.3 Å². The van der Waals surface area contributed by atoms with Crippen molar-refractivity contribution >= 4 is 10.9 Å². The number of aryl methyl sites for hydroxylation is 1. The van der Waals surface area contributed by atoms with Crippen LogP contribution in [-0.2, 0) is 13.1 Å². The van der Waals surface area contributed by atoms with Gasteiger partial charge in [0.1, 0.15) is 0 Å². The maximum Gasteiger partial charge on any atom is 0.184 e. The third kappa shape index (κ3) is 3.43. The minimum Gasteiger partial charge on any atom is -0.342 e. The maximum absolute atomic E-state index is 4.35. The quantitative estimate of drug-likeness (QED) is 0.445. The molecule has 2 heterocycles. The van der Waals surface area contributed by atoms with Gasteiger partial charge in [-0.15, -0.1) is 5.10 Å². The first-order valence-electron chi connectivity index (χ1n) is 9.72. The molecule has 0 radical (unpaired) electrons. The zero-order valence-electron chi connectivity index (χ0n) is 16.2. The average molecular weight is 379 g/mol. The molecule has 5 heteroatoms. The average Bonchev–Trinajstić information content (AvgIpc) is 3.35. The molecule has 0 atom stereocenters. The molecule has 0 spiro atoms. The molecule has 0 amide bonds. The van der Waals surface area contributed by atoms with Crippen LogP contribution in [0.5, 0.6) is 0 Å². The van der Waals surface area contributed by atoms with E-state index in [1.54, 1.807) is 0 Å². The normalized spacial score (nSPS) is 11.2. The van der Waals surface area contributed by atoms with E-state index >= 15 is 0 Å². The Morgan fingerprint density at radius 2 is 1.48 bits per heavy atom. The highest BCUT2D eigenvalue weighted by Crippen LogP contribution is 2.30. The summed E-state index contributed by atoms with van der Waals surface area (Å²) in [4.78, 5) is 0. The summed E-state index contributed by atoms with van der Waals surface area (Å²) in [5.74, 6) is 0.785. The Kier molecular flexibility index (Phi) is 4.41. The second kappa shape index (κ2) is 7.36. The Labute approximate surface area is 169 Å². The minimum atomic E-state index is 0.640. The van der Waals surface area contributed by atoms with Gasteiger partial charge in [-0.1, -0.05) is 78.4 Å². The fourth-order valence-corrected chi connectivity index (χ4v) is 3.71. The van der Waals surface area contributed by atoms with Crippen molar-refractivity contribution in [1.29, 1.82) is 0 Å². The Morgan fingerprint density at radius 3 is 2.31 bits per heavy atom. The predicted octanol–water partition coefficient (Wildman–Crippen LogP) is 4.70. The molecule has 0 aliphatic carbocycles. The van der Waals surface area contributed by atoms with Crippen LogP contribution in [0.4, 0.5) is 0 Å². The highest BCUT2D eigenvalue weighted by molar-refractivity contribution is 5.94. The van der Waals surface area contributed by atoms with Crippen molar-refractivity contribution in [3.63, 3.8) is 0 Å². The van der Waals surface area contributed by atoms with Gasteiger partial charge in [0.05, 0.1) is 6.54 Å². The molecule has 29 heavy (non-hydrogen) atoms. The summed E-state index contributed by atoms with van der Waals surface area (Å²) in [5.41, 5.74) is 5.94. The monoisotopic (exact) mass is 379 g/mol. The fourth-order valence-electron chi connectivity index (χ4n) is 3.71. The van der Waals surface area contributed by atoms with E-state index < -0.39 is 0 Å². The summed E-state index contributed by atoms with van der Waals surface area (Å²) < 4.78 is 4.14. The number of rotatable bonds is 5. The van der Waals surface area contributed by atoms with E-state index in [-0.39, 0.29) is 0 Å². The molecule has 0 aliphatic heterocycles. The maximum atomic E-state index is 4.35. The molecule has 5 rings (SSSR count). The minimum absolute atomic E-state index is 0.640. The van der Waals surface area contributed by atoms with Crippen LogP contribution in [0.15, 0.2) is 85.1 Å². The van der Waals surface area contributed by atoms with Crippen LogP contribution in [0, 0.1) is 6.92 Å². The molecule has 0 unspecified atom stereocenters. The van der Waals surface area contributed by atoms with Crippen molar-refractivity contribution in [3.05, 3.63) is 102 Å². The zero-order valence-corrected chi connectivity index (χ0v) is 16.2. The summed E-state index contributed by atoms with van der Waals surface area (Å²) in [6, 6.07) is 27.4. The van der Waals surface area contributed by atoms with Gasteiger partial charge in [-0.2, -0.15) is 0 Å². The van der Waals surface area contributed by atoms with E-state index in [9.17, 15) is 0 Å². The molecule has 5 nitrogen and oxygen atoms in total. The van der Waals surface area contributed by atoms with Gasteiger partial charge >= 0.3 is 0 Å². The molecule has 5 aromatic rings. The summed E-state index contributed by atoms with van der Waals surface area (Å²) in [5, 5.41) is 13.7. The summed E-state index contributed by atoms with van der Waals surface area (Å²) in [6.07, 6.45) is 2.16. The molecular weight excluding hydrogens is 358 g/mol. The highest BCUT2D eigenvalue weighted by Gasteiger charge is 2.16. The topological polar surface area (TPSA) is 48.5 Å². The van der Waals surface area contributed by atoms with Crippen molar-refractivity contribution < 1.29 is 0 Å². The zero-order chi connectivity index (χ0) is 19.6. The first kappa shape index (κ1) is 17.4. The fraction of sp³-hybridized carbons (Fsp3) is 0.125. The van der Waals surface area contributed by atoms with E-state index in [4.69, 9.17) is 0 Å². The number of hydrogen-bond acceptors (Lipinski definition) is 3. The molecule has 142 valence electrons. The van der Waals surface area contributed by atoms with Crippen molar-refractivity contribution in [1.82, 2.24) is 24.8 Å². The van der Waals surface area contributed by atoms with Crippen LogP contribution >= 0.6 is 0 Å². The van der Waals surface area contributed by atoms with Gasteiger partial charge in [0.25, 0.3) is 0 Å². The van der Waals surface area contributed by atoms with Gasteiger partial charge in [0, 0.05) is 29.2 Å². The third-order valence-electron chi connectivity index (χ3n) is 5.21. The first-order valence-corrected chi connectivity index (χ1v) is 9.72. The number of hydrogen-bond donors (Lipinski definition) is 0. The molecule has 2 aromatic heterocycles. The molecule has 0 N–H and O–H groups in total. The van der Waals surface area contributed by atoms with Gasteiger partial charge < -0.3 is 4.57 Å². The largest absolute Gasteiger partial charge is 0.342 e. The van der Waals surface area contributed by atoms with Crippen molar-refractivity contribution in [2.45, 2.75) is 20.0 Å². The molecule has 0 fully saturated rings. The summed E-state index contributed by atoms with van der Waals surface area (Å²) >= 11 is 0. The van der Waals surface area contributed by atoms with E-state index in [1.165, 1.54) is 22.2 Å². The number of para-hydroxylation sites is 1.